The summed E-state index contributed by atoms with van der Waals surface area (Å²) in [6.45, 7) is 1.99. The second-order valence-electron chi connectivity index (χ2n) is 3.27. The first-order chi connectivity index (χ1) is 6.68. The summed E-state index contributed by atoms with van der Waals surface area (Å²) in [5, 5.41) is 4.14. The zero-order valence-electron chi connectivity index (χ0n) is 8.16. The Hall–Kier alpha value is -1.64. The molecule has 3 heteroatoms. The molecule has 2 nitrogen and oxygen atoms in total. The Morgan fingerprint density at radius 3 is 2.36 bits per heavy atom. The van der Waals surface area contributed by atoms with Crippen LogP contribution in [0.15, 0.2) is 30.5 Å². The maximum Gasteiger partial charge on any atom is 0.123 e. The Morgan fingerprint density at radius 1 is 1.21 bits per heavy atom. The molecule has 0 N–H and O–H groups in total. The standard InChI is InChI=1S/C11H11FN2/c1-8-11(7-13-14(8)2)9-3-5-10(12)6-4-9/h3-7H,1-2H3. The average Bonchev–Trinajstić information content (AvgIpc) is 2.50. The normalized spacial score (nSPS) is 10.5. The molecule has 1 aromatic carbocycles. The minimum atomic E-state index is -0.213. The van der Waals surface area contributed by atoms with Crippen LogP contribution in [0.25, 0.3) is 11.1 Å². The van der Waals surface area contributed by atoms with E-state index in [1.54, 1.807) is 23.0 Å². The van der Waals surface area contributed by atoms with Crippen molar-refractivity contribution in [2.24, 2.45) is 7.05 Å². The molecule has 1 aromatic heterocycles. The van der Waals surface area contributed by atoms with Crippen molar-refractivity contribution in [2.45, 2.75) is 6.92 Å². The SMILES string of the molecule is Cc1c(-c2ccc(F)cc2)cnn1C. The van der Waals surface area contributed by atoms with Crippen molar-refractivity contribution in [2.75, 3.05) is 0 Å². The molecule has 1 heterocycles. The molecule has 0 radical (unpaired) electrons. The quantitative estimate of drug-likeness (QED) is 0.675. The van der Waals surface area contributed by atoms with Crippen molar-refractivity contribution in [1.29, 1.82) is 0 Å². The Balaban J connectivity index is 2.49. The Bertz CT molecular complexity index is 443. The third kappa shape index (κ3) is 1.41. The number of aromatic nitrogens is 2. The summed E-state index contributed by atoms with van der Waals surface area (Å²) < 4.78 is 14.5. The lowest BCUT2D eigenvalue weighted by atomic mass is 10.1. The minimum absolute atomic E-state index is 0.213. The van der Waals surface area contributed by atoms with E-state index in [-0.39, 0.29) is 5.82 Å². The van der Waals surface area contributed by atoms with E-state index in [1.807, 2.05) is 14.0 Å². The molecule has 0 spiro atoms. The third-order valence-electron chi connectivity index (χ3n) is 2.39. The summed E-state index contributed by atoms with van der Waals surface area (Å²) in [4.78, 5) is 0. The monoisotopic (exact) mass is 190 g/mol. The Labute approximate surface area is 82.0 Å². The van der Waals surface area contributed by atoms with Crippen LogP contribution in [0, 0.1) is 12.7 Å². The molecule has 0 aliphatic rings. The van der Waals surface area contributed by atoms with Crippen molar-refractivity contribution in [3.63, 3.8) is 0 Å². The number of benzene rings is 1. The van der Waals surface area contributed by atoms with Crippen molar-refractivity contribution in [1.82, 2.24) is 9.78 Å². The van der Waals surface area contributed by atoms with Gasteiger partial charge in [-0.1, -0.05) is 12.1 Å². The largest absolute Gasteiger partial charge is 0.272 e. The maximum atomic E-state index is 12.7. The van der Waals surface area contributed by atoms with Crippen LogP contribution in [0.3, 0.4) is 0 Å². The first-order valence-electron chi connectivity index (χ1n) is 4.43. The second kappa shape index (κ2) is 3.25. The molecule has 0 bridgehead atoms. The van der Waals surface area contributed by atoms with Gasteiger partial charge in [0.1, 0.15) is 5.82 Å². The summed E-state index contributed by atoms with van der Waals surface area (Å²) in [5.41, 5.74) is 3.13. The third-order valence-corrected chi connectivity index (χ3v) is 2.39. The number of halogens is 1. The minimum Gasteiger partial charge on any atom is -0.272 e. The zero-order valence-corrected chi connectivity index (χ0v) is 8.16. The summed E-state index contributed by atoms with van der Waals surface area (Å²) >= 11 is 0. The van der Waals surface area contributed by atoms with Crippen LogP contribution in [0.1, 0.15) is 5.69 Å². The van der Waals surface area contributed by atoms with E-state index < -0.39 is 0 Å². The molecule has 2 rings (SSSR count). The van der Waals surface area contributed by atoms with Gasteiger partial charge >= 0.3 is 0 Å². The average molecular weight is 190 g/mol. The molecule has 14 heavy (non-hydrogen) atoms. The van der Waals surface area contributed by atoms with Gasteiger partial charge in [-0.3, -0.25) is 4.68 Å². The highest BCUT2D eigenvalue weighted by Crippen LogP contribution is 2.22. The smallest absolute Gasteiger partial charge is 0.123 e. The highest BCUT2D eigenvalue weighted by atomic mass is 19.1. The molecule has 0 aliphatic carbocycles. The van der Waals surface area contributed by atoms with Crippen LogP contribution in [-0.2, 0) is 7.05 Å². The van der Waals surface area contributed by atoms with Crippen LogP contribution in [0.2, 0.25) is 0 Å². The Morgan fingerprint density at radius 2 is 1.86 bits per heavy atom. The molecule has 72 valence electrons. The van der Waals surface area contributed by atoms with Gasteiger partial charge in [0.05, 0.1) is 6.20 Å². The molecule has 0 unspecified atom stereocenters. The molecule has 2 aromatic rings. The second-order valence-corrected chi connectivity index (χ2v) is 3.27. The highest BCUT2D eigenvalue weighted by molar-refractivity contribution is 5.64. The van der Waals surface area contributed by atoms with Gasteiger partial charge in [0, 0.05) is 18.3 Å². The van der Waals surface area contributed by atoms with E-state index in [9.17, 15) is 4.39 Å². The number of hydrogen-bond donors (Lipinski definition) is 0. The molecule has 0 amide bonds. The van der Waals surface area contributed by atoms with Gasteiger partial charge in [-0.25, -0.2) is 4.39 Å². The van der Waals surface area contributed by atoms with Gasteiger partial charge in [0.2, 0.25) is 0 Å². The number of hydrogen-bond acceptors (Lipinski definition) is 1. The summed E-state index contributed by atoms with van der Waals surface area (Å²) in [6, 6.07) is 6.45. The van der Waals surface area contributed by atoms with E-state index in [2.05, 4.69) is 5.10 Å². The molecule has 0 saturated heterocycles. The van der Waals surface area contributed by atoms with Gasteiger partial charge in [0.25, 0.3) is 0 Å². The summed E-state index contributed by atoms with van der Waals surface area (Å²) in [7, 11) is 1.89. The van der Waals surface area contributed by atoms with E-state index in [0.29, 0.717) is 0 Å². The predicted molar refractivity (Wildman–Crippen MR) is 53.3 cm³/mol. The van der Waals surface area contributed by atoms with Crippen LogP contribution in [-0.4, -0.2) is 9.78 Å². The topological polar surface area (TPSA) is 17.8 Å². The molecular weight excluding hydrogens is 179 g/mol. The maximum absolute atomic E-state index is 12.7. The summed E-state index contributed by atoms with van der Waals surface area (Å²) in [6.07, 6.45) is 1.79. The van der Waals surface area contributed by atoms with Gasteiger partial charge in [-0.2, -0.15) is 5.10 Å². The van der Waals surface area contributed by atoms with Gasteiger partial charge in [-0.15, -0.1) is 0 Å². The van der Waals surface area contributed by atoms with Crippen molar-refractivity contribution in [3.8, 4) is 11.1 Å². The predicted octanol–water partition coefficient (Wildman–Crippen LogP) is 2.53. The lowest BCUT2D eigenvalue weighted by Gasteiger charge is -2.00. The van der Waals surface area contributed by atoms with Crippen LogP contribution < -0.4 is 0 Å². The molecular formula is C11H11FN2. The first-order valence-corrected chi connectivity index (χ1v) is 4.43. The van der Waals surface area contributed by atoms with E-state index in [1.165, 1.54) is 12.1 Å². The molecule has 0 aliphatic heterocycles. The van der Waals surface area contributed by atoms with Crippen LogP contribution in [0.5, 0.6) is 0 Å². The molecule has 0 atom stereocenters. The number of rotatable bonds is 1. The fraction of sp³-hybridized carbons (Fsp3) is 0.182. The highest BCUT2D eigenvalue weighted by Gasteiger charge is 2.05. The van der Waals surface area contributed by atoms with Crippen molar-refractivity contribution < 1.29 is 4.39 Å². The van der Waals surface area contributed by atoms with E-state index >= 15 is 0 Å². The fourth-order valence-corrected chi connectivity index (χ4v) is 1.41. The van der Waals surface area contributed by atoms with Crippen LogP contribution in [0.4, 0.5) is 4.39 Å². The van der Waals surface area contributed by atoms with E-state index in [0.717, 1.165) is 16.8 Å². The van der Waals surface area contributed by atoms with Gasteiger partial charge in [-0.05, 0) is 24.6 Å². The van der Waals surface area contributed by atoms with E-state index in [4.69, 9.17) is 0 Å². The van der Waals surface area contributed by atoms with Crippen molar-refractivity contribution in [3.05, 3.63) is 42.0 Å². The first kappa shape index (κ1) is 8.94. The fourth-order valence-electron chi connectivity index (χ4n) is 1.41. The van der Waals surface area contributed by atoms with Crippen LogP contribution >= 0.6 is 0 Å². The van der Waals surface area contributed by atoms with Crippen molar-refractivity contribution >= 4 is 0 Å². The Kier molecular flexibility index (Phi) is 2.08. The molecule has 0 saturated carbocycles. The number of aryl methyl sites for hydroxylation is 1. The summed E-state index contributed by atoms with van der Waals surface area (Å²) in [5.74, 6) is -0.213. The van der Waals surface area contributed by atoms with Gasteiger partial charge in [0.15, 0.2) is 0 Å². The lowest BCUT2D eigenvalue weighted by Crippen LogP contribution is -1.92. The number of nitrogens with zero attached hydrogens (tertiary/aromatic N) is 2. The zero-order chi connectivity index (χ0) is 10.1. The lowest BCUT2D eigenvalue weighted by molar-refractivity contribution is 0.628. The molecule has 0 fully saturated rings. The van der Waals surface area contributed by atoms with Gasteiger partial charge < -0.3 is 0 Å².